The predicted molar refractivity (Wildman–Crippen MR) is 86.1 cm³/mol. The molecule has 1 amide bonds. The van der Waals surface area contributed by atoms with Crippen LogP contribution in [0.15, 0.2) is 40.9 Å². The Hall–Kier alpha value is -2.21. The van der Waals surface area contributed by atoms with Crippen molar-refractivity contribution in [3.63, 3.8) is 0 Å². The fourth-order valence-electron chi connectivity index (χ4n) is 1.79. The summed E-state index contributed by atoms with van der Waals surface area (Å²) >= 11 is 3.32. The number of methoxy groups -OCH3 is 2. The van der Waals surface area contributed by atoms with Crippen molar-refractivity contribution in [2.45, 2.75) is 0 Å². The normalized spacial score (nSPS) is 10.0. The van der Waals surface area contributed by atoms with Crippen molar-refractivity contribution in [3.05, 3.63) is 46.4 Å². The molecule has 2 aromatic rings. The SMILES string of the molecule is COc1ccc(OC)c(C(=O)Nc2ccc(N)c(Br)c2)c1. The van der Waals surface area contributed by atoms with E-state index in [0.29, 0.717) is 28.4 Å². The Labute approximate surface area is 131 Å². The number of rotatable bonds is 4. The second-order valence-electron chi connectivity index (χ2n) is 4.26. The van der Waals surface area contributed by atoms with Crippen LogP contribution in [0.2, 0.25) is 0 Å². The number of amides is 1. The number of carbonyl (C=O) groups is 1. The van der Waals surface area contributed by atoms with Crippen LogP contribution in [0.3, 0.4) is 0 Å². The molecule has 6 heteroatoms. The molecule has 5 nitrogen and oxygen atoms in total. The van der Waals surface area contributed by atoms with Crippen LogP contribution in [0.25, 0.3) is 0 Å². The van der Waals surface area contributed by atoms with Gasteiger partial charge in [0.05, 0.1) is 19.8 Å². The molecule has 0 aliphatic rings. The van der Waals surface area contributed by atoms with E-state index in [0.717, 1.165) is 4.47 Å². The molecule has 0 aliphatic carbocycles. The molecule has 0 fully saturated rings. The summed E-state index contributed by atoms with van der Waals surface area (Å²) in [5.74, 6) is 0.768. The van der Waals surface area contributed by atoms with E-state index in [2.05, 4.69) is 21.2 Å². The van der Waals surface area contributed by atoms with Gasteiger partial charge in [-0.2, -0.15) is 0 Å². The van der Waals surface area contributed by atoms with E-state index in [4.69, 9.17) is 15.2 Å². The summed E-state index contributed by atoms with van der Waals surface area (Å²) in [6, 6.07) is 10.2. The first kappa shape index (κ1) is 15.2. The highest BCUT2D eigenvalue weighted by Crippen LogP contribution is 2.27. The van der Waals surface area contributed by atoms with Gasteiger partial charge in [0, 0.05) is 15.8 Å². The highest BCUT2D eigenvalue weighted by molar-refractivity contribution is 9.10. The Morgan fingerprint density at radius 3 is 2.52 bits per heavy atom. The first-order valence-corrected chi connectivity index (χ1v) is 6.93. The van der Waals surface area contributed by atoms with Crippen molar-refractivity contribution >= 4 is 33.2 Å². The predicted octanol–water partition coefficient (Wildman–Crippen LogP) is 3.30. The third-order valence-electron chi connectivity index (χ3n) is 2.91. The standard InChI is InChI=1S/C15H15BrN2O3/c1-20-10-4-6-14(21-2)11(8-10)15(19)18-9-3-5-13(17)12(16)7-9/h3-8H,17H2,1-2H3,(H,18,19). The van der Waals surface area contributed by atoms with Gasteiger partial charge < -0.3 is 20.5 Å². The van der Waals surface area contributed by atoms with Gasteiger partial charge in [-0.15, -0.1) is 0 Å². The Balaban J connectivity index is 2.28. The maximum Gasteiger partial charge on any atom is 0.259 e. The summed E-state index contributed by atoms with van der Waals surface area (Å²) < 4.78 is 11.1. The van der Waals surface area contributed by atoms with Crippen molar-refractivity contribution in [3.8, 4) is 11.5 Å². The van der Waals surface area contributed by atoms with Crippen LogP contribution in [0.1, 0.15) is 10.4 Å². The summed E-state index contributed by atoms with van der Waals surface area (Å²) in [6.07, 6.45) is 0. The van der Waals surface area contributed by atoms with Crippen LogP contribution in [-0.2, 0) is 0 Å². The van der Waals surface area contributed by atoms with E-state index in [1.54, 1.807) is 43.5 Å². The zero-order chi connectivity index (χ0) is 15.4. The van der Waals surface area contributed by atoms with Gasteiger partial charge in [-0.25, -0.2) is 0 Å². The number of anilines is 2. The van der Waals surface area contributed by atoms with Gasteiger partial charge in [0.2, 0.25) is 0 Å². The minimum absolute atomic E-state index is 0.289. The first-order valence-electron chi connectivity index (χ1n) is 6.13. The van der Waals surface area contributed by atoms with Crippen molar-refractivity contribution in [2.24, 2.45) is 0 Å². The molecule has 21 heavy (non-hydrogen) atoms. The number of hydrogen-bond acceptors (Lipinski definition) is 4. The maximum absolute atomic E-state index is 12.4. The number of carbonyl (C=O) groups excluding carboxylic acids is 1. The molecule has 110 valence electrons. The van der Waals surface area contributed by atoms with Crippen molar-refractivity contribution in [1.29, 1.82) is 0 Å². The fourth-order valence-corrected chi connectivity index (χ4v) is 2.17. The zero-order valence-corrected chi connectivity index (χ0v) is 13.2. The van der Waals surface area contributed by atoms with Gasteiger partial charge in [-0.3, -0.25) is 4.79 Å². The van der Waals surface area contributed by atoms with Gasteiger partial charge in [0.25, 0.3) is 5.91 Å². The van der Waals surface area contributed by atoms with E-state index in [1.807, 2.05) is 0 Å². The lowest BCUT2D eigenvalue weighted by atomic mass is 10.1. The number of nitrogen functional groups attached to an aromatic ring is 1. The lowest BCUT2D eigenvalue weighted by Crippen LogP contribution is -2.13. The molecular formula is C15H15BrN2O3. The smallest absolute Gasteiger partial charge is 0.259 e. The average molecular weight is 351 g/mol. The van der Waals surface area contributed by atoms with E-state index in [9.17, 15) is 4.79 Å². The summed E-state index contributed by atoms with van der Waals surface area (Å²) in [5, 5.41) is 2.79. The average Bonchev–Trinajstić information content (AvgIpc) is 2.50. The Bertz CT molecular complexity index is 674. The summed E-state index contributed by atoms with van der Waals surface area (Å²) in [7, 11) is 3.05. The van der Waals surface area contributed by atoms with Gasteiger partial charge in [0.1, 0.15) is 11.5 Å². The fraction of sp³-hybridized carbons (Fsp3) is 0.133. The largest absolute Gasteiger partial charge is 0.497 e. The summed E-state index contributed by atoms with van der Waals surface area (Å²) in [6.45, 7) is 0. The van der Waals surface area contributed by atoms with E-state index in [1.165, 1.54) is 7.11 Å². The highest BCUT2D eigenvalue weighted by Gasteiger charge is 2.14. The molecule has 0 atom stereocenters. The lowest BCUT2D eigenvalue weighted by molar-refractivity contribution is 0.102. The van der Waals surface area contributed by atoms with Crippen molar-refractivity contribution in [2.75, 3.05) is 25.3 Å². The third-order valence-corrected chi connectivity index (χ3v) is 3.60. The van der Waals surface area contributed by atoms with Crippen LogP contribution in [0.5, 0.6) is 11.5 Å². The molecule has 0 aromatic heterocycles. The monoisotopic (exact) mass is 350 g/mol. The van der Waals surface area contributed by atoms with Crippen LogP contribution in [-0.4, -0.2) is 20.1 Å². The molecule has 0 aliphatic heterocycles. The summed E-state index contributed by atoms with van der Waals surface area (Å²) in [5.41, 5.74) is 7.35. The second kappa shape index (κ2) is 6.49. The number of ether oxygens (including phenoxy) is 2. The maximum atomic E-state index is 12.4. The van der Waals surface area contributed by atoms with Crippen molar-refractivity contribution in [1.82, 2.24) is 0 Å². The molecule has 0 saturated heterocycles. The molecule has 2 rings (SSSR count). The number of nitrogens with one attached hydrogen (secondary N) is 1. The minimum Gasteiger partial charge on any atom is -0.497 e. The Morgan fingerprint density at radius 2 is 1.90 bits per heavy atom. The molecular weight excluding hydrogens is 336 g/mol. The highest BCUT2D eigenvalue weighted by atomic mass is 79.9. The van der Waals surface area contributed by atoms with Crippen LogP contribution >= 0.6 is 15.9 Å². The number of benzene rings is 2. The third kappa shape index (κ3) is 3.46. The molecule has 2 aromatic carbocycles. The Kier molecular flexibility index (Phi) is 4.70. The molecule has 0 radical (unpaired) electrons. The van der Waals surface area contributed by atoms with Crippen LogP contribution < -0.4 is 20.5 Å². The molecule has 0 saturated carbocycles. The van der Waals surface area contributed by atoms with E-state index in [-0.39, 0.29) is 5.91 Å². The number of nitrogens with two attached hydrogens (primary N) is 1. The van der Waals surface area contributed by atoms with E-state index < -0.39 is 0 Å². The molecule has 0 bridgehead atoms. The van der Waals surface area contributed by atoms with Crippen LogP contribution in [0, 0.1) is 0 Å². The number of hydrogen-bond donors (Lipinski definition) is 2. The van der Waals surface area contributed by atoms with Gasteiger partial charge in [-0.1, -0.05) is 0 Å². The van der Waals surface area contributed by atoms with Crippen molar-refractivity contribution < 1.29 is 14.3 Å². The molecule has 0 spiro atoms. The first-order chi connectivity index (χ1) is 10.0. The lowest BCUT2D eigenvalue weighted by Gasteiger charge is -2.11. The topological polar surface area (TPSA) is 73.6 Å². The van der Waals surface area contributed by atoms with Gasteiger partial charge in [-0.05, 0) is 52.3 Å². The quantitative estimate of drug-likeness (QED) is 0.829. The van der Waals surface area contributed by atoms with Gasteiger partial charge >= 0.3 is 0 Å². The van der Waals surface area contributed by atoms with Gasteiger partial charge in [0.15, 0.2) is 0 Å². The van der Waals surface area contributed by atoms with Crippen LogP contribution in [0.4, 0.5) is 11.4 Å². The van der Waals surface area contributed by atoms with E-state index >= 15 is 0 Å². The zero-order valence-electron chi connectivity index (χ0n) is 11.6. The number of halogens is 1. The molecule has 3 N–H and O–H groups in total. The Morgan fingerprint density at radius 1 is 1.14 bits per heavy atom. The molecule has 0 unspecified atom stereocenters. The molecule has 0 heterocycles. The minimum atomic E-state index is -0.289. The second-order valence-corrected chi connectivity index (χ2v) is 5.11. The summed E-state index contributed by atoms with van der Waals surface area (Å²) in [4.78, 5) is 12.4.